The summed E-state index contributed by atoms with van der Waals surface area (Å²) in [7, 11) is 0. The van der Waals surface area contributed by atoms with Gasteiger partial charge in [0.25, 0.3) is 6.43 Å². The molecular weight excluding hydrogens is 216 g/mol. The predicted octanol–water partition coefficient (Wildman–Crippen LogP) is 1.55. The van der Waals surface area contributed by atoms with Gasteiger partial charge in [0.05, 0.1) is 12.7 Å². The van der Waals surface area contributed by atoms with Gasteiger partial charge >= 0.3 is 0 Å². The average Bonchev–Trinajstić information content (AvgIpc) is 2.58. The Morgan fingerprint density at radius 2 is 2.19 bits per heavy atom. The van der Waals surface area contributed by atoms with E-state index in [4.69, 9.17) is 4.74 Å². The van der Waals surface area contributed by atoms with Gasteiger partial charge in [-0.25, -0.2) is 8.78 Å². The normalized spacial score (nSPS) is 30.6. The maximum atomic E-state index is 12.0. The molecule has 0 heterocycles. The first kappa shape index (κ1) is 13.8. The summed E-state index contributed by atoms with van der Waals surface area (Å²) >= 11 is 0. The molecule has 2 N–H and O–H groups in total. The topological polar surface area (TPSA) is 41.5 Å². The third-order valence-electron chi connectivity index (χ3n) is 2.92. The minimum Gasteiger partial charge on any atom is -0.394 e. The zero-order valence-corrected chi connectivity index (χ0v) is 9.88. The van der Waals surface area contributed by atoms with Crippen LogP contribution in [0.3, 0.4) is 0 Å². The van der Waals surface area contributed by atoms with Gasteiger partial charge in [0.1, 0.15) is 6.61 Å². The number of nitrogens with one attached hydrogen (secondary N) is 1. The largest absolute Gasteiger partial charge is 0.394 e. The van der Waals surface area contributed by atoms with E-state index in [2.05, 4.69) is 5.32 Å². The molecule has 0 radical (unpaired) electrons. The van der Waals surface area contributed by atoms with Crippen LogP contribution in [0, 0.1) is 0 Å². The molecule has 96 valence electrons. The van der Waals surface area contributed by atoms with Crippen molar-refractivity contribution in [2.24, 2.45) is 0 Å². The summed E-state index contributed by atoms with van der Waals surface area (Å²) < 4.78 is 29.1. The minimum absolute atomic E-state index is 0.0275. The van der Waals surface area contributed by atoms with E-state index in [0.717, 1.165) is 12.8 Å². The molecule has 1 rings (SSSR count). The zero-order valence-electron chi connectivity index (χ0n) is 9.88. The Kier molecular flexibility index (Phi) is 5.08. The van der Waals surface area contributed by atoms with E-state index < -0.39 is 13.0 Å². The van der Waals surface area contributed by atoms with Crippen LogP contribution in [0.2, 0.25) is 0 Å². The fourth-order valence-corrected chi connectivity index (χ4v) is 2.36. The molecule has 0 aliphatic heterocycles. The van der Waals surface area contributed by atoms with Crippen LogP contribution in [0.4, 0.5) is 8.78 Å². The maximum absolute atomic E-state index is 12.0. The van der Waals surface area contributed by atoms with Gasteiger partial charge in [0.2, 0.25) is 0 Å². The van der Waals surface area contributed by atoms with Crippen molar-refractivity contribution in [2.45, 2.75) is 57.2 Å². The van der Waals surface area contributed by atoms with Crippen LogP contribution in [0.15, 0.2) is 0 Å². The molecule has 0 aromatic carbocycles. The third kappa shape index (κ3) is 3.96. The molecule has 3 nitrogen and oxygen atoms in total. The Morgan fingerprint density at radius 1 is 1.50 bits per heavy atom. The quantitative estimate of drug-likeness (QED) is 0.736. The molecule has 0 saturated heterocycles. The van der Waals surface area contributed by atoms with Gasteiger partial charge < -0.3 is 15.2 Å². The fraction of sp³-hybridized carbons (Fsp3) is 1.00. The van der Waals surface area contributed by atoms with E-state index in [-0.39, 0.29) is 24.3 Å². The summed E-state index contributed by atoms with van der Waals surface area (Å²) in [6.07, 6.45) is -0.466. The van der Waals surface area contributed by atoms with E-state index in [1.807, 2.05) is 13.8 Å². The second kappa shape index (κ2) is 5.89. The Balaban J connectivity index is 2.41. The van der Waals surface area contributed by atoms with Gasteiger partial charge in [-0.2, -0.15) is 0 Å². The zero-order chi connectivity index (χ0) is 12.2. The number of ether oxygens (including phenoxy) is 1. The maximum Gasteiger partial charge on any atom is 0.261 e. The molecule has 0 amide bonds. The summed E-state index contributed by atoms with van der Waals surface area (Å²) in [5.41, 5.74) is -0.346. The van der Waals surface area contributed by atoms with Gasteiger partial charge in [-0.15, -0.1) is 0 Å². The van der Waals surface area contributed by atoms with Gasteiger partial charge in [0, 0.05) is 11.6 Å². The van der Waals surface area contributed by atoms with Gasteiger partial charge in [0.15, 0.2) is 0 Å². The van der Waals surface area contributed by atoms with Crippen molar-refractivity contribution in [3.63, 3.8) is 0 Å². The molecule has 0 aromatic rings. The van der Waals surface area contributed by atoms with Crippen LogP contribution < -0.4 is 5.32 Å². The molecule has 1 saturated carbocycles. The van der Waals surface area contributed by atoms with Crippen molar-refractivity contribution in [1.82, 2.24) is 5.32 Å². The van der Waals surface area contributed by atoms with E-state index in [1.165, 1.54) is 0 Å². The van der Waals surface area contributed by atoms with E-state index in [0.29, 0.717) is 6.42 Å². The SMILES string of the molecule is CC(C)NC1(CO)CCC(OCC(F)F)C1. The minimum atomic E-state index is -2.41. The molecule has 16 heavy (non-hydrogen) atoms. The lowest BCUT2D eigenvalue weighted by Crippen LogP contribution is -2.50. The second-order valence-corrected chi connectivity index (χ2v) is 4.83. The number of rotatable bonds is 6. The highest BCUT2D eigenvalue weighted by Crippen LogP contribution is 2.32. The summed E-state index contributed by atoms with van der Waals surface area (Å²) in [5, 5.41) is 12.7. The lowest BCUT2D eigenvalue weighted by Gasteiger charge is -2.30. The van der Waals surface area contributed by atoms with Gasteiger partial charge in [-0.1, -0.05) is 13.8 Å². The predicted molar refractivity (Wildman–Crippen MR) is 57.7 cm³/mol. The van der Waals surface area contributed by atoms with Crippen molar-refractivity contribution >= 4 is 0 Å². The van der Waals surface area contributed by atoms with E-state index >= 15 is 0 Å². The van der Waals surface area contributed by atoms with E-state index in [9.17, 15) is 13.9 Å². The van der Waals surface area contributed by atoms with Crippen LogP contribution >= 0.6 is 0 Å². The van der Waals surface area contributed by atoms with Crippen LogP contribution in [0.5, 0.6) is 0 Å². The van der Waals surface area contributed by atoms with Crippen molar-refractivity contribution < 1.29 is 18.6 Å². The monoisotopic (exact) mass is 237 g/mol. The standard InChI is InChI=1S/C11H21F2NO2/c1-8(2)14-11(7-15)4-3-9(5-11)16-6-10(12)13/h8-10,14-15H,3-7H2,1-2H3. The Hall–Kier alpha value is -0.260. The smallest absolute Gasteiger partial charge is 0.261 e. The lowest BCUT2D eigenvalue weighted by atomic mass is 9.97. The van der Waals surface area contributed by atoms with Crippen LogP contribution in [-0.2, 0) is 4.74 Å². The molecule has 2 atom stereocenters. The number of aliphatic hydroxyl groups excluding tert-OH is 1. The summed E-state index contributed by atoms with van der Waals surface area (Å²) in [6.45, 7) is 3.53. The molecular formula is C11H21F2NO2. The molecule has 1 aliphatic rings. The van der Waals surface area contributed by atoms with Crippen molar-refractivity contribution in [3.05, 3.63) is 0 Å². The summed E-state index contributed by atoms with van der Waals surface area (Å²) in [5.74, 6) is 0. The fourth-order valence-electron chi connectivity index (χ4n) is 2.36. The molecule has 0 bridgehead atoms. The number of halogens is 2. The first-order chi connectivity index (χ1) is 7.47. The summed E-state index contributed by atoms with van der Waals surface area (Å²) in [4.78, 5) is 0. The van der Waals surface area contributed by atoms with Crippen molar-refractivity contribution in [2.75, 3.05) is 13.2 Å². The van der Waals surface area contributed by atoms with Crippen LogP contribution in [0.1, 0.15) is 33.1 Å². The number of hydrogen-bond donors (Lipinski definition) is 2. The van der Waals surface area contributed by atoms with Crippen LogP contribution in [0.25, 0.3) is 0 Å². The Morgan fingerprint density at radius 3 is 2.69 bits per heavy atom. The first-order valence-corrected chi connectivity index (χ1v) is 5.76. The molecule has 1 fully saturated rings. The Labute approximate surface area is 95.2 Å². The number of aliphatic hydroxyl groups is 1. The second-order valence-electron chi connectivity index (χ2n) is 4.83. The lowest BCUT2D eigenvalue weighted by molar-refractivity contribution is -0.0253. The highest BCUT2D eigenvalue weighted by Gasteiger charge is 2.39. The van der Waals surface area contributed by atoms with Crippen molar-refractivity contribution in [1.29, 1.82) is 0 Å². The van der Waals surface area contributed by atoms with Gasteiger partial charge in [-0.05, 0) is 19.3 Å². The van der Waals surface area contributed by atoms with Gasteiger partial charge in [-0.3, -0.25) is 0 Å². The number of hydrogen-bond acceptors (Lipinski definition) is 3. The van der Waals surface area contributed by atoms with Crippen LogP contribution in [-0.4, -0.2) is 42.4 Å². The highest BCUT2D eigenvalue weighted by atomic mass is 19.3. The molecule has 2 unspecified atom stereocenters. The third-order valence-corrected chi connectivity index (χ3v) is 2.92. The summed E-state index contributed by atoms with van der Waals surface area (Å²) in [6, 6.07) is 0.265. The molecule has 0 spiro atoms. The highest BCUT2D eigenvalue weighted by molar-refractivity contribution is 4.97. The van der Waals surface area contributed by atoms with Crippen molar-refractivity contribution in [3.8, 4) is 0 Å². The molecule has 0 aromatic heterocycles. The average molecular weight is 237 g/mol. The van der Waals surface area contributed by atoms with E-state index in [1.54, 1.807) is 0 Å². The molecule has 5 heteroatoms. The Bertz CT molecular complexity index is 214. The molecule has 1 aliphatic carbocycles. The number of alkyl halides is 2. The first-order valence-electron chi connectivity index (χ1n) is 5.76.